The highest BCUT2D eigenvalue weighted by molar-refractivity contribution is 14.1. The molecule has 5 aromatic rings. The maximum Gasteiger partial charge on any atom is 0.336 e. The molecule has 24 N–H and O–H groups in total. The summed E-state index contributed by atoms with van der Waals surface area (Å²) in [5.41, 5.74) is 14.1. The molecule has 2 aliphatic carbocycles. The van der Waals surface area contributed by atoms with E-state index >= 15 is 0 Å². The molecule has 0 spiro atoms. The van der Waals surface area contributed by atoms with Gasteiger partial charge in [0.1, 0.15) is 89.1 Å². The van der Waals surface area contributed by atoms with Crippen molar-refractivity contribution in [3.05, 3.63) is 164 Å². The van der Waals surface area contributed by atoms with Crippen LogP contribution in [0.25, 0.3) is 33.4 Å². The first kappa shape index (κ1) is 110. The fraction of sp³-hybridized carbons (Fsp3) is 0.457. The summed E-state index contributed by atoms with van der Waals surface area (Å²) in [6.45, 7) is 11.9. The van der Waals surface area contributed by atoms with Crippen molar-refractivity contribution in [2.24, 2.45) is 41.1 Å². The van der Waals surface area contributed by atoms with Gasteiger partial charge in [-0.05, 0) is 145 Å². The lowest BCUT2D eigenvalue weighted by Crippen LogP contribution is -2.61. The maximum atomic E-state index is 14.6. The van der Waals surface area contributed by atoms with Crippen LogP contribution in [-0.2, 0) is 86.4 Å². The van der Waals surface area contributed by atoms with Crippen LogP contribution in [0.3, 0.4) is 0 Å². The van der Waals surface area contributed by atoms with Gasteiger partial charge in [-0.15, -0.1) is 0 Å². The van der Waals surface area contributed by atoms with Gasteiger partial charge in [-0.2, -0.15) is 0 Å². The number of aliphatic carboxylic acids is 1. The minimum atomic E-state index is -1.80. The summed E-state index contributed by atoms with van der Waals surface area (Å²) >= 11 is 1.91. The number of aromatic hydroxyl groups is 1. The summed E-state index contributed by atoms with van der Waals surface area (Å²) in [6.07, 6.45) is 8.85. The van der Waals surface area contributed by atoms with Crippen LogP contribution in [-0.4, -0.2) is 256 Å². The normalized spacial score (nSPS) is 19.8. The number of phenols is 1. The number of carbonyl (C=O) groups excluding carboxylic acids is 14. The lowest BCUT2D eigenvalue weighted by molar-refractivity contribution is -0.142. The Morgan fingerprint density at radius 2 is 1.38 bits per heavy atom. The zero-order chi connectivity index (χ0) is 102. The zero-order valence-electron chi connectivity index (χ0n) is 78.4. The maximum absolute atomic E-state index is 14.6. The summed E-state index contributed by atoms with van der Waals surface area (Å²) in [5, 5.41) is 85.9. The third-order valence-corrected chi connectivity index (χ3v) is 26.8. The molecule has 5 aliphatic rings. The first-order valence-electron chi connectivity index (χ1n) is 45.7. The van der Waals surface area contributed by atoms with E-state index in [0.29, 0.717) is 56.4 Å². The molecule has 0 saturated carbocycles. The van der Waals surface area contributed by atoms with Crippen molar-refractivity contribution < 1.29 is 107 Å². The number of carboxylic acid groups (broad SMARTS) is 2. The number of primary amides is 1. The highest BCUT2D eigenvalue weighted by Gasteiger charge is 2.44. The Labute approximate surface area is 827 Å². The number of nitrogens with two attached hydrogens (primary N) is 2. The average molecular weight is 2090 g/mol. The van der Waals surface area contributed by atoms with Gasteiger partial charge in [0.15, 0.2) is 5.43 Å². The van der Waals surface area contributed by atoms with Gasteiger partial charge >= 0.3 is 18.0 Å². The summed E-state index contributed by atoms with van der Waals surface area (Å²) in [4.78, 5) is 243. The highest BCUT2D eigenvalue weighted by Crippen LogP contribution is 2.43. The predicted octanol–water partition coefficient (Wildman–Crippen LogP) is 3.24. The van der Waals surface area contributed by atoms with Crippen LogP contribution in [0.5, 0.6) is 5.75 Å². The quantitative estimate of drug-likeness (QED) is 0.0114. The van der Waals surface area contributed by atoms with Gasteiger partial charge in [0.25, 0.3) is 0 Å². The van der Waals surface area contributed by atoms with E-state index < -0.39 is 198 Å². The Bertz CT molecular complexity index is 5670. The second-order valence-corrected chi connectivity index (χ2v) is 39.0. The summed E-state index contributed by atoms with van der Waals surface area (Å²) in [6, 6.07) is 7.32. The topological polar surface area (TPSA) is 674 Å². The van der Waals surface area contributed by atoms with Gasteiger partial charge in [-0.1, -0.05) is 119 Å². The molecule has 3 unspecified atom stereocenters. The molecular formula is C94H121IN20O23S2. The number of aromatic nitrogens is 4. The molecule has 5 heterocycles. The number of anilines is 1. The number of aromatic amines is 2. The van der Waals surface area contributed by atoms with Gasteiger partial charge in [-0.3, -0.25) is 71.9 Å². The van der Waals surface area contributed by atoms with Crippen LogP contribution in [0.4, 0.5) is 10.5 Å². The molecule has 15 amide bonds. The molecule has 2 aromatic heterocycles. The number of carboxylic acids is 2. The SMILES string of the molecule is CCC(C)[C@H](NC(=O)[C@H](Cc1cnc[nH]1)NC(=O)[C@@H]1CSSC[C@H](C)C(=O)N2CC(O)C[C@H]2C(=O)N[C@@H](CC2C=C(I)C(O)=CC2)C(=O)N[C@@H](CC(=O)O)C(=O)N[C@@H](CC(C)C)C(=O)N1)C(=O)N[C@@H](CC(C)C)C(N)=O.CNC(=O)[C@H](Cc1ncc[nH]1)NC(=O)[C@H](Cc1ccccc1)NC(=O)CNC(=O)[C@H](N)CCCCNC(=O)Nc1ccc(-c2c3ccc(=O)cc-3oc3cc(O)ccc23)c(C(=O)O)c1. The van der Waals surface area contributed by atoms with Crippen molar-refractivity contribution in [3.63, 3.8) is 0 Å². The van der Waals surface area contributed by atoms with E-state index in [4.69, 9.17) is 15.9 Å². The summed E-state index contributed by atoms with van der Waals surface area (Å²) < 4.78 is 6.35. The molecule has 15 atom stereocenters. The number of hydrogen-bond donors (Lipinski definition) is 22. The van der Waals surface area contributed by atoms with Crippen molar-refractivity contribution in [3.8, 4) is 28.2 Å². The standard InChI is InChI=1S/C49H74IN11O13S2.C45H47N9O10/c1-8-25(6)40(48(73)54-31(41(51)66)11-23(2)3)60-45(70)34(15-28-18-52-22-53-28)56-46(71)36-21-76-75-20-26(7)49(74)61-19-29(62)16-37(61)47(72)58-33(14-27-9-10-38(63)30(50)13-27)43(68)57-35(17-39(64)65)44(69)55-32(12-24(4)5)42(67)59-36;1-47-42(59)35(23-38-48-17-18-49-38)54-43(60)34(19-25-7-3-2-4-8-25)53-39(57)24-51-41(58)33(46)9-5-6-16-50-45(63)52-26-10-13-29(32(20-26)44(61)62)40-30-14-11-27(55)21-36(30)64-37-22-28(56)12-15-31(37)40/h10,13,18,22-27,29,31-37,40,62-63H,8-9,11-12,14-17,19-21H2,1-7H3,(H2,51,66)(H,52,53)(H,54,73)(H,55,69)(H,56,71)(H,57,68)(H,58,72)(H,59,67)(H,60,70)(H,64,65);2-4,7-8,10-15,17-18,20-22,33-35,55H,5-6,9,16,19,23-24,46H2,1H3,(H,47,59)(H,48,49)(H,51,58)(H,53,57)(H,54,60)(H,61,62)(H2,50,52,63)/t25?,26-,27?,29?,31-,32-,33-,34-,35-,36-,37-,40-;33-,34+,35+/m01/s1. The van der Waals surface area contributed by atoms with Crippen molar-refractivity contribution >= 4 is 156 Å². The van der Waals surface area contributed by atoms with E-state index in [9.17, 15) is 107 Å². The average Bonchev–Trinajstić information content (AvgIpc) is 0.828. The number of phenolic OH excluding ortho intramolecular Hbond substituents is 1. The summed E-state index contributed by atoms with van der Waals surface area (Å²) in [7, 11) is 3.70. The number of imidazole rings is 2. The Morgan fingerprint density at radius 3 is 2.04 bits per heavy atom. The number of H-pyrrole nitrogens is 2. The van der Waals surface area contributed by atoms with E-state index in [1.165, 1.54) is 83.9 Å². The molecule has 10 rings (SSSR count). The number of likely N-dealkylation sites (N-methyl/N-ethyl adjacent to an activating group) is 1. The van der Waals surface area contributed by atoms with Gasteiger partial charge in [0.2, 0.25) is 76.8 Å². The molecule has 2 saturated heterocycles. The number of allylic oxidation sites excluding steroid dienone is 3. The number of aliphatic hydroxyl groups excluding tert-OH is 2. The van der Waals surface area contributed by atoms with E-state index in [2.05, 4.69) is 89.1 Å². The van der Waals surface area contributed by atoms with Crippen LogP contribution in [0, 0.1) is 29.6 Å². The molecule has 140 heavy (non-hydrogen) atoms. The minimum absolute atomic E-state index is 0.0116. The second kappa shape index (κ2) is 53.1. The lowest BCUT2D eigenvalue weighted by Gasteiger charge is -2.30. The number of aromatic carboxylic acids is 1. The molecule has 0 bridgehead atoms. The number of nitrogens with zero attached hydrogens (tertiary/aromatic N) is 3. The number of urea groups is 1. The molecule has 754 valence electrons. The molecule has 46 heteroatoms. The second-order valence-electron chi connectivity index (χ2n) is 35.3. The van der Waals surface area contributed by atoms with Gasteiger partial charge in [0, 0.05) is 122 Å². The number of amides is 15. The number of halogens is 1. The highest BCUT2D eigenvalue weighted by atomic mass is 127. The van der Waals surface area contributed by atoms with Crippen molar-refractivity contribution in [1.29, 1.82) is 0 Å². The van der Waals surface area contributed by atoms with Crippen molar-refractivity contribution in [2.75, 3.05) is 43.5 Å². The lowest BCUT2D eigenvalue weighted by atomic mass is 9.90. The van der Waals surface area contributed by atoms with E-state index in [1.807, 2.05) is 42.5 Å². The molecule has 3 aliphatic heterocycles. The molecule has 43 nitrogen and oxygen atoms in total. The Hall–Kier alpha value is -13.5. The minimum Gasteiger partial charge on any atom is -0.508 e. The Balaban J connectivity index is 0.000000317. The Kier molecular flexibility index (Phi) is 41.7. The number of carbonyl (C=O) groups is 16. The number of benzene rings is 4. The summed E-state index contributed by atoms with van der Waals surface area (Å²) in [5.74, 6) is -13.7. The number of unbranched alkanes of at least 4 members (excludes halogenated alkanes) is 1. The predicted molar refractivity (Wildman–Crippen MR) is 527 cm³/mol. The van der Waals surface area contributed by atoms with Gasteiger partial charge in [-0.25, -0.2) is 19.6 Å². The van der Waals surface area contributed by atoms with E-state index in [1.54, 1.807) is 89.4 Å². The fourth-order valence-corrected chi connectivity index (χ4v) is 19.0. The third-order valence-electron chi connectivity index (χ3n) is 23.3. The van der Waals surface area contributed by atoms with Gasteiger partial charge < -0.3 is 125 Å². The van der Waals surface area contributed by atoms with E-state index in [-0.39, 0.29) is 134 Å². The smallest absolute Gasteiger partial charge is 0.336 e. The van der Waals surface area contributed by atoms with Crippen molar-refractivity contribution in [2.45, 2.75) is 205 Å². The number of rotatable bonds is 38. The molecule has 0 radical (unpaired) electrons. The molecule has 2 fully saturated rings. The van der Waals surface area contributed by atoms with Crippen LogP contribution in [0.15, 0.2) is 141 Å². The van der Waals surface area contributed by atoms with Gasteiger partial charge in [0.05, 0.1) is 40.6 Å². The zero-order valence-corrected chi connectivity index (χ0v) is 82.2. The van der Waals surface area contributed by atoms with Crippen LogP contribution in [0.2, 0.25) is 0 Å². The van der Waals surface area contributed by atoms with Crippen LogP contribution < -0.4 is 86.0 Å². The molecule has 3 aromatic carbocycles. The number of nitrogens with one attached hydrogen (secondary N) is 15. The fourth-order valence-electron chi connectivity index (χ4n) is 15.8. The van der Waals surface area contributed by atoms with Crippen molar-refractivity contribution in [1.82, 2.24) is 88.6 Å². The first-order chi connectivity index (χ1) is 66.6. The number of aliphatic hydroxyl groups is 2. The largest absolute Gasteiger partial charge is 0.508 e. The molecular weight excluding hydrogens is 1970 g/mol. The number of hydrogen-bond acceptors (Lipinski definition) is 26. The Morgan fingerprint density at radius 1 is 0.700 bits per heavy atom. The third kappa shape index (κ3) is 32.8. The van der Waals surface area contributed by atoms with E-state index in [0.717, 1.165) is 16.4 Å². The first-order valence-corrected chi connectivity index (χ1v) is 49.2. The van der Waals surface area contributed by atoms with Crippen LogP contribution >= 0.6 is 44.2 Å². The number of fused-ring (bicyclic) bond motifs is 3. The van der Waals surface area contributed by atoms with Crippen LogP contribution in [0.1, 0.15) is 140 Å². The monoisotopic (exact) mass is 2090 g/mol.